The molecule has 0 spiro atoms. The molecule has 2 aliphatic heterocycles. The van der Waals surface area contributed by atoms with Crippen molar-refractivity contribution < 1.29 is 58.0 Å². The maximum Gasteiger partial charge on any atom is 0.326 e. The summed E-state index contributed by atoms with van der Waals surface area (Å²) in [5.41, 5.74) is 8.80. The van der Waals surface area contributed by atoms with Gasteiger partial charge in [-0.1, -0.05) is 39.0 Å². The maximum atomic E-state index is 14.2. The van der Waals surface area contributed by atoms with E-state index in [9.17, 15) is 48.6 Å². The summed E-state index contributed by atoms with van der Waals surface area (Å²) < 4.78 is 10.5. The first-order chi connectivity index (χ1) is 27.6. The number of carbonyl (C=O) groups excluding carboxylic acids is 7. The number of carboxylic acid groups (broad SMARTS) is 1. The molecule has 0 aromatic heterocycles. The van der Waals surface area contributed by atoms with Crippen molar-refractivity contribution in [3.63, 3.8) is 0 Å². The highest BCUT2D eigenvalue weighted by Crippen LogP contribution is 2.42. The van der Waals surface area contributed by atoms with Gasteiger partial charge in [0, 0.05) is 38.0 Å². The lowest BCUT2D eigenvalue weighted by Gasteiger charge is -2.28. The molecule has 0 saturated carbocycles. The van der Waals surface area contributed by atoms with Crippen LogP contribution in [0.3, 0.4) is 0 Å². The molecule has 18 nitrogen and oxygen atoms in total. The number of allylic oxidation sites excluding steroid dienone is 1. The number of methoxy groups -OCH3 is 1. The zero-order valence-corrected chi connectivity index (χ0v) is 33.6. The number of nitrogens with two attached hydrogens (primary N) is 1. The van der Waals surface area contributed by atoms with Crippen LogP contribution < -0.4 is 31.7 Å². The molecule has 7 atom stereocenters. The van der Waals surface area contributed by atoms with Crippen LogP contribution in [0.1, 0.15) is 63.5 Å². The number of amides is 5. The summed E-state index contributed by atoms with van der Waals surface area (Å²) in [6.07, 6.45) is -0.325. The second-order valence-corrected chi connectivity index (χ2v) is 15.5. The Morgan fingerprint density at radius 1 is 1.14 bits per heavy atom. The van der Waals surface area contributed by atoms with Gasteiger partial charge in [-0.2, -0.15) is 0 Å². The largest absolute Gasteiger partial charge is 0.497 e. The van der Waals surface area contributed by atoms with Crippen LogP contribution in [0.2, 0.25) is 0 Å². The number of benzene rings is 1. The fourth-order valence-corrected chi connectivity index (χ4v) is 8.09. The Bertz CT molecular complexity index is 1820. The molecule has 2 heterocycles. The van der Waals surface area contributed by atoms with E-state index in [0.717, 1.165) is 20.9 Å². The van der Waals surface area contributed by atoms with Crippen molar-refractivity contribution in [1.82, 2.24) is 26.2 Å². The van der Waals surface area contributed by atoms with Crippen molar-refractivity contribution in [3.8, 4) is 5.75 Å². The zero-order valence-electron chi connectivity index (χ0n) is 32.7. The number of carbonyl (C=O) groups is 8. The fourth-order valence-electron chi connectivity index (χ4n) is 6.86. The molecule has 1 aromatic rings. The third kappa shape index (κ3) is 11.9. The summed E-state index contributed by atoms with van der Waals surface area (Å²) in [5, 5.41) is 30.2. The summed E-state index contributed by atoms with van der Waals surface area (Å²) in [7, 11) is 1.52. The summed E-state index contributed by atoms with van der Waals surface area (Å²) in [4.78, 5) is 107. The lowest BCUT2D eigenvalue weighted by molar-refractivity contribution is -0.151. The molecule has 0 bridgehead atoms. The average molecular weight is 829 g/mol. The molecular formula is C39H52N6O12S. The van der Waals surface area contributed by atoms with Crippen LogP contribution in [0.25, 0.3) is 5.57 Å². The molecule has 316 valence electrons. The number of fused-ring (bicyclic) bond motifs is 2. The standard InChI is InChI=1S/C39H52N6O12S/c1-5-11-57-34(50)16-27(38(53)45-18-22(46)14-29(45)39(54)55)43-36(51)28-19-58-31-13-21-12-23(56-4)7-8-24(21)25(31)15-26(40)30(47)9-10-32(48)44-35(20(3)6-2)37(52)41-17-33(49)42-28/h5,7-8,12,20,22,26-29,35,46H,1,6,9-11,13-19,40H2,2-4H3,(H,41,52)(H,42,49)(H,43,51)(H,44,48)(H,54,55)/t20-,22+,26+,27+,28+,29-,35-/m0/s1. The number of aliphatic carboxylic acids is 1. The Morgan fingerprint density at radius 3 is 2.55 bits per heavy atom. The van der Waals surface area contributed by atoms with E-state index in [4.69, 9.17) is 15.2 Å². The van der Waals surface area contributed by atoms with Gasteiger partial charge in [0.05, 0.1) is 32.2 Å². The Morgan fingerprint density at radius 2 is 1.88 bits per heavy atom. The van der Waals surface area contributed by atoms with E-state index in [-0.39, 0.29) is 56.3 Å². The van der Waals surface area contributed by atoms with E-state index < -0.39 is 90.8 Å². The van der Waals surface area contributed by atoms with Gasteiger partial charge in [0.15, 0.2) is 0 Å². The molecule has 1 fully saturated rings. The number of nitrogens with zero attached hydrogens (tertiary/aromatic N) is 1. The van der Waals surface area contributed by atoms with Gasteiger partial charge >= 0.3 is 11.9 Å². The molecule has 8 N–H and O–H groups in total. The van der Waals surface area contributed by atoms with Gasteiger partial charge in [0.25, 0.3) is 0 Å². The molecule has 3 aliphatic rings. The molecule has 19 heteroatoms. The minimum Gasteiger partial charge on any atom is -0.497 e. The number of carboxylic acids is 1. The molecule has 0 unspecified atom stereocenters. The molecule has 1 aliphatic carbocycles. The SMILES string of the molecule is C=CCOC(=O)C[C@@H](NC(=O)[C@H]1CSC2=C(C[C@@H](N)C(=O)CCC(=O)N[C@@H]([C@@H](C)CC)C(=O)NCC(=O)N1)c1ccc(OC)cc1C2)C(=O)N1C[C@H](O)C[C@H]1C(=O)O. The molecule has 1 aromatic carbocycles. The molecule has 58 heavy (non-hydrogen) atoms. The van der Waals surface area contributed by atoms with Crippen molar-refractivity contribution in [3.05, 3.63) is 46.9 Å². The van der Waals surface area contributed by atoms with Crippen molar-refractivity contribution in [2.75, 3.05) is 32.6 Å². The van der Waals surface area contributed by atoms with Crippen molar-refractivity contribution in [1.29, 1.82) is 0 Å². The van der Waals surface area contributed by atoms with Crippen LogP contribution in [-0.4, -0.2) is 131 Å². The highest BCUT2D eigenvalue weighted by Gasteiger charge is 2.43. The second-order valence-electron chi connectivity index (χ2n) is 14.4. The highest BCUT2D eigenvalue weighted by atomic mass is 32.2. The van der Waals surface area contributed by atoms with E-state index in [0.29, 0.717) is 24.2 Å². The van der Waals surface area contributed by atoms with Gasteiger partial charge in [0.2, 0.25) is 29.5 Å². The van der Waals surface area contributed by atoms with Gasteiger partial charge in [-0.15, -0.1) is 11.8 Å². The van der Waals surface area contributed by atoms with E-state index in [1.807, 2.05) is 19.1 Å². The first kappa shape index (κ1) is 45.4. The highest BCUT2D eigenvalue weighted by molar-refractivity contribution is 8.03. The van der Waals surface area contributed by atoms with E-state index in [1.54, 1.807) is 13.0 Å². The number of esters is 1. The van der Waals surface area contributed by atoms with Gasteiger partial charge < -0.3 is 51.6 Å². The van der Waals surface area contributed by atoms with E-state index in [2.05, 4.69) is 27.8 Å². The maximum absolute atomic E-state index is 14.2. The summed E-state index contributed by atoms with van der Waals surface area (Å²) in [6, 6.07) is -1.16. The third-order valence-corrected chi connectivity index (χ3v) is 11.5. The number of rotatable bonds is 11. The predicted molar refractivity (Wildman–Crippen MR) is 211 cm³/mol. The second kappa shape index (κ2) is 20.9. The number of Topliss-reactive ketones (excluding diaryl/α,β-unsaturated/α-hetero) is 1. The number of aliphatic hydroxyl groups excluding tert-OH is 1. The van der Waals surface area contributed by atoms with Crippen molar-refractivity contribution in [2.45, 2.75) is 95.1 Å². The first-order valence-corrected chi connectivity index (χ1v) is 20.0. The van der Waals surface area contributed by atoms with Crippen LogP contribution >= 0.6 is 11.8 Å². The van der Waals surface area contributed by atoms with Gasteiger partial charge in [-0.3, -0.25) is 33.6 Å². The normalized spacial score (nSPS) is 24.4. The first-order valence-electron chi connectivity index (χ1n) is 19.0. The molecule has 5 amide bonds. The van der Waals surface area contributed by atoms with Gasteiger partial charge in [0.1, 0.15) is 42.3 Å². The minimum absolute atomic E-state index is 0.0824. The van der Waals surface area contributed by atoms with Crippen LogP contribution in [0.15, 0.2) is 35.8 Å². The Balaban J connectivity index is 1.70. The third-order valence-electron chi connectivity index (χ3n) is 10.3. The topological polar surface area (TPSA) is 273 Å². The number of nitrogens with one attached hydrogen (secondary N) is 4. The minimum atomic E-state index is -1.67. The number of likely N-dealkylation sites (tertiary alicyclic amines) is 1. The van der Waals surface area contributed by atoms with Crippen LogP contribution in [0.5, 0.6) is 5.75 Å². The molecule has 1 saturated heterocycles. The molecule has 4 rings (SSSR count). The monoisotopic (exact) mass is 828 g/mol. The lowest BCUT2D eigenvalue weighted by Crippen LogP contribution is -2.58. The predicted octanol–water partition coefficient (Wildman–Crippen LogP) is -0.442. The Labute approximate surface area is 340 Å². The fraction of sp³-hybridized carbons (Fsp3) is 0.538. The summed E-state index contributed by atoms with van der Waals surface area (Å²) in [5.74, 6) is -6.53. The van der Waals surface area contributed by atoms with Gasteiger partial charge in [-0.05, 0) is 46.1 Å². The number of hydrogen-bond acceptors (Lipinski definition) is 13. The van der Waals surface area contributed by atoms with Crippen LogP contribution in [0.4, 0.5) is 0 Å². The number of β-amino-alcohol motifs (C(OH)–C–C–N with tert-alkyl or cyclic N) is 1. The smallest absolute Gasteiger partial charge is 0.326 e. The lowest BCUT2D eigenvalue weighted by atomic mass is 9.95. The zero-order chi connectivity index (χ0) is 42.7. The number of aliphatic hydroxyl groups is 1. The molecule has 0 radical (unpaired) electrons. The van der Waals surface area contributed by atoms with Gasteiger partial charge in [-0.25, -0.2) is 4.79 Å². The number of ketones is 1. The van der Waals surface area contributed by atoms with Crippen molar-refractivity contribution in [2.24, 2.45) is 11.7 Å². The van der Waals surface area contributed by atoms with Crippen molar-refractivity contribution >= 4 is 64.6 Å². The van der Waals surface area contributed by atoms with Crippen LogP contribution in [0, 0.1) is 5.92 Å². The summed E-state index contributed by atoms with van der Waals surface area (Å²) in [6.45, 7) is 5.85. The number of thioether (sulfide) groups is 1. The Hall–Kier alpha value is -5.27. The Kier molecular flexibility index (Phi) is 16.4. The van der Waals surface area contributed by atoms with E-state index in [1.165, 1.54) is 24.9 Å². The summed E-state index contributed by atoms with van der Waals surface area (Å²) >= 11 is 1.18. The van der Waals surface area contributed by atoms with E-state index >= 15 is 0 Å². The van der Waals surface area contributed by atoms with Crippen LogP contribution in [-0.2, 0) is 49.5 Å². The number of ether oxygens (including phenoxy) is 2. The number of hydrogen-bond donors (Lipinski definition) is 7. The molecular weight excluding hydrogens is 777 g/mol. The quantitative estimate of drug-likeness (QED) is 0.110. The average Bonchev–Trinajstić information content (AvgIpc) is 3.76.